The van der Waals surface area contributed by atoms with Gasteiger partial charge in [-0.1, -0.05) is 24.3 Å². The minimum absolute atomic E-state index is 0.0235. The van der Waals surface area contributed by atoms with Gasteiger partial charge in [0.15, 0.2) is 14.6 Å². The molecular weight excluding hydrogens is 486 g/mol. The maximum Gasteiger partial charge on any atom is 0.435 e. The number of nitrogens with one attached hydrogen (secondary N) is 1. The highest BCUT2D eigenvalue weighted by Crippen LogP contribution is 2.56. The highest BCUT2D eigenvalue weighted by atomic mass is 32.2. The van der Waals surface area contributed by atoms with Gasteiger partial charge < -0.3 is 10.1 Å². The fourth-order valence-electron chi connectivity index (χ4n) is 4.17. The van der Waals surface area contributed by atoms with Crippen LogP contribution in [0.5, 0.6) is 5.75 Å². The summed E-state index contributed by atoms with van der Waals surface area (Å²) in [6, 6.07) is 7.10. The molecule has 2 aliphatic rings. The van der Waals surface area contributed by atoms with Crippen molar-refractivity contribution in [1.82, 2.24) is 5.32 Å². The van der Waals surface area contributed by atoms with Crippen molar-refractivity contribution in [3.63, 3.8) is 0 Å². The molecule has 2 aromatic carbocycles. The van der Waals surface area contributed by atoms with Gasteiger partial charge in [0.25, 0.3) is 0 Å². The number of hydrogen-bond acceptors (Lipinski definition) is 4. The second-order valence-corrected chi connectivity index (χ2v) is 10.4. The highest BCUT2D eigenvalue weighted by molar-refractivity contribution is 7.92. The highest BCUT2D eigenvalue weighted by Gasteiger charge is 2.74. The first kappa shape index (κ1) is 23.3. The Kier molecular flexibility index (Phi) is 5.12. The zero-order valence-electron chi connectivity index (χ0n) is 15.9. The molecule has 4 rings (SSSR count). The van der Waals surface area contributed by atoms with Gasteiger partial charge in [0.05, 0.1) is 4.90 Å². The number of rotatable bonds is 3. The predicted molar refractivity (Wildman–Crippen MR) is 103 cm³/mol. The van der Waals surface area contributed by atoms with E-state index in [0.29, 0.717) is 11.4 Å². The fourth-order valence-corrected chi connectivity index (χ4v) is 6.50. The Labute approximate surface area is 180 Å². The number of alkyl halides is 7. The van der Waals surface area contributed by atoms with Crippen molar-refractivity contribution in [3.05, 3.63) is 53.6 Å². The summed E-state index contributed by atoms with van der Waals surface area (Å²) in [5.41, 5.74) is -7.50. The zero-order valence-corrected chi connectivity index (χ0v) is 17.9. The Morgan fingerprint density at radius 1 is 0.969 bits per heavy atom. The third-order valence-electron chi connectivity index (χ3n) is 5.79. The van der Waals surface area contributed by atoms with E-state index < -0.39 is 50.0 Å². The molecule has 13 heteroatoms. The Hall–Kier alpha value is -1.91. The summed E-state index contributed by atoms with van der Waals surface area (Å²) >= 11 is 0. The summed E-state index contributed by atoms with van der Waals surface area (Å²) in [4.78, 5) is -0.0941. The molecule has 2 aromatic rings. The van der Waals surface area contributed by atoms with Crippen molar-refractivity contribution in [2.75, 3.05) is 13.1 Å². The van der Waals surface area contributed by atoms with E-state index >= 15 is 0 Å². The summed E-state index contributed by atoms with van der Waals surface area (Å²) in [7, 11) is -1.82. The van der Waals surface area contributed by atoms with Crippen LogP contribution in [-0.2, 0) is 20.3 Å². The second kappa shape index (κ2) is 7.04. The van der Waals surface area contributed by atoms with Crippen LogP contribution in [0.25, 0.3) is 0 Å². The topological polar surface area (TPSA) is 55.4 Å². The quantitative estimate of drug-likeness (QED) is 0.517. The summed E-state index contributed by atoms with van der Waals surface area (Å²) in [5.74, 6) is -0.532. The molecule has 3 unspecified atom stereocenters. The molecule has 1 saturated heterocycles. The third kappa shape index (κ3) is 2.99. The molecule has 0 saturated carbocycles. The number of hydrogen-bond donors (Lipinski definition) is 1. The first-order chi connectivity index (χ1) is 14.7. The standard InChI is InChI=1S/C19H15F7NO3PS/c20-17(18(21,22)23,19(24,25)26)10-1-6-13-14(7-10)30-15-8-27-9-16(13,15)32(28,29)12-4-2-11(31)3-5-12/h1-7,15,27H,8-9,31H2. The number of benzene rings is 2. The van der Waals surface area contributed by atoms with Crippen molar-refractivity contribution in [2.24, 2.45) is 0 Å². The van der Waals surface area contributed by atoms with Gasteiger partial charge in [-0.3, -0.25) is 0 Å². The van der Waals surface area contributed by atoms with Crippen LogP contribution < -0.4 is 15.4 Å². The molecule has 0 amide bonds. The largest absolute Gasteiger partial charge is 0.487 e. The minimum Gasteiger partial charge on any atom is -0.487 e. The second-order valence-electron chi connectivity index (χ2n) is 7.56. The van der Waals surface area contributed by atoms with Crippen LogP contribution in [0.15, 0.2) is 47.4 Å². The summed E-state index contributed by atoms with van der Waals surface area (Å²) in [6.07, 6.45) is -13.7. The smallest absolute Gasteiger partial charge is 0.435 e. The monoisotopic (exact) mass is 501 g/mol. The lowest BCUT2D eigenvalue weighted by molar-refractivity contribution is -0.348. The number of ether oxygens (including phenoxy) is 1. The maximum absolute atomic E-state index is 14.5. The lowest BCUT2D eigenvalue weighted by Gasteiger charge is -2.31. The van der Waals surface area contributed by atoms with E-state index in [1.807, 2.05) is 0 Å². The van der Waals surface area contributed by atoms with Gasteiger partial charge >= 0.3 is 18.0 Å². The Morgan fingerprint density at radius 2 is 1.56 bits per heavy atom. The van der Waals surface area contributed by atoms with Crippen LogP contribution in [0, 0.1) is 0 Å². The number of halogens is 7. The molecule has 0 spiro atoms. The molecule has 0 radical (unpaired) electrons. The summed E-state index contributed by atoms with van der Waals surface area (Å²) in [5, 5.41) is 3.55. The molecule has 4 nitrogen and oxygen atoms in total. The van der Waals surface area contributed by atoms with Crippen LogP contribution in [0.4, 0.5) is 30.7 Å². The summed E-state index contributed by atoms with van der Waals surface area (Å²) in [6.45, 7) is -0.210. The van der Waals surface area contributed by atoms with Crippen LogP contribution in [-0.4, -0.2) is 40.0 Å². The van der Waals surface area contributed by atoms with Gasteiger partial charge in [-0.25, -0.2) is 12.8 Å². The maximum atomic E-state index is 14.5. The van der Waals surface area contributed by atoms with Crippen LogP contribution in [0.1, 0.15) is 11.1 Å². The van der Waals surface area contributed by atoms with Crippen molar-refractivity contribution in [1.29, 1.82) is 0 Å². The van der Waals surface area contributed by atoms with Gasteiger partial charge in [0.2, 0.25) is 0 Å². The van der Waals surface area contributed by atoms with Crippen LogP contribution in [0.3, 0.4) is 0 Å². The van der Waals surface area contributed by atoms with Crippen LogP contribution in [0.2, 0.25) is 0 Å². The van der Waals surface area contributed by atoms with Crippen molar-refractivity contribution in [2.45, 2.75) is 33.8 Å². The first-order valence-electron chi connectivity index (χ1n) is 9.11. The minimum atomic E-state index is -6.29. The van der Waals surface area contributed by atoms with Gasteiger partial charge in [-0.2, -0.15) is 26.3 Å². The summed E-state index contributed by atoms with van der Waals surface area (Å²) < 4.78 is 124. The van der Waals surface area contributed by atoms with E-state index in [0.717, 1.165) is 6.07 Å². The van der Waals surface area contributed by atoms with Crippen molar-refractivity contribution in [3.8, 4) is 5.75 Å². The average molecular weight is 501 g/mol. The molecule has 2 aliphatic heterocycles. The molecule has 1 fully saturated rings. The van der Waals surface area contributed by atoms with Gasteiger partial charge in [-0.15, -0.1) is 9.24 Å². The van der Waals surface area contributed by atoms with Gasteiger partial charge in [0, 0.05) is 24.2 Å². The third-order valence-corrected chi connectivity index (χ3v) is 8.66. The van der Waals surface area contributed by atoms with Gasteiger partial charge in [0.1, 0.15) is 11.9 Å². The molecule has 3 atom stereocenters. The Morgan fingerprint density at radius 3 is 2.12 bits per heavy atom. The average Bonchev–Trinajstić information content (AvgIpc) is 3.23. The SMILES string of the molecule is O=S(=O)(c1ccc(P)cc1)C12CNCC1Oc1cc(C(F)(C(F)(F)F)C(F)(F)F)ccc12. The first-order valence-corrected chi connectivity index (χ1v) is 11.2. The van der Waals surface area contributed by atoms with E-state index in [-0.39, 0.29) is 29.6 Å². The van der Waals surface area contributed by atoms with Crippen LogP contribution >= 0.6 is 9.24 Å². The Balaban J connectivity index is 1.89. The molecule has 32 heavy (non-hydrogen) atoms. The lowest BCUT2D eigenvalue weighted by Crippen LogP contribution is -2.50. The molecular formula is C19H15F7NO3PS. The number of fused-ring (bicyclic) bond motifs is 3. The molecule has 0 aliphatic carbocycles. The number of sulfone groups is 1. The molecule has 0 aromatic heterocycles. The normalized spacial score (nSPS) is 23.6. The fraction of sp³-hybridized carbons (Fsp3) is 0.368. The van der Waals surface area contributed by atoms with E-state index in [4.69, 9.17) is 4.74 Å². The Bertz CT molecular complexity index is 1150. The molecule has 174 valence electrons. The van der Waals surface area contributed by atoms with E-state index in [1.165, 1.54) is 24.3 Å². The van der Waals surface area contributed by atoms with E-state index in [9.17, 15) is 39.2 Å². The van der Waals surface area contributed by atoms with Gasteiger partial charge in [-0.05, 0) is 23.5 Å². The van der Waals surface area contributed by atoms with E-state index in [1.54, 1.807) is 0 Å². The predicted octanol–water partition coefficient (Wildman–Crippen LogP) is 3.51. The van der Waals surface area contributed by atoms with Crippen molar-refractivity contribution >= 4 is 24.4 Å². The van der Waals surface area contributed by atoms with E-state index in [2.05, 4.69) is 14.6 Å². The molecule has 2 heterocycles. The zero-order chi connectivity index (χ0) is 23.7. The molecule has 0 bridgehead atoms. The van der Waals surface area contributed by atoms with Crippen molar-refractivity contribution < 1.29 is 43.9 Å². The lowest BCUT2D eigenvalue weighted by atomic mass is 9.90. The molecule has 1 N–H and O–H groups in total.